The summed E-state index contributed by atoms with van der Waals surface area (Å²) in [4.78, 5) is 0. The maximum Gasteiger partial charge on any atom is 0.176 e. The van der Waals surface area contributed by atoms with Crippen LogP contribution in [0.2, 0.25) is 5.02 Å². The van der Waals surface area contributed by atoms with E-state index in [1.165, 1.54) is 26.0 Å². The highest BCUT2D eigenvalue weighted by Gasteiger charge is 2.30. The highest BCUT2D eigenvalue weighted by atomic mass is 35.5. The molecule has 0 aliphatic rings. The third kappa shape index (κ3) is 2.12. The van der Waals surface area contributed by atoms with Crippen LogP contribution in [0.4, 0.5) is 8.78 Å². The Bertz CT molecular complexity index is 567. The molecule has 0 radical (unpaired) electrons. The molecule has 1 aromatic carbocycles. The van der Waals surface area contributed by atoms with Gasteiger partial charge in [0.05, 0.1) is 10.6 Å². The molecule has 0 spiro atoms. The number of alkyl halides is 1. The lowest BCUT2D eigenvalue weighted by molar-refractivity contribution is 0.162. The number of nitrogens with zero attached hydrogens (tertiary/aromatic N) is 1. The van der Waals surface area contributed by atoms with Crippen LogP contribution in [-0.4, -0.2) is 5.16 Å². The summed E-state index contributed by atoms with van der Waals surface area (Å²) in [7, 11) is 0. The second-order valence-corrected chi connectivity index (χ2v) is 4.96. The first-order chi connectivity index (χ1) is 8.32. The first kappa shape index (κ1) is 13.0. The molecule has 5 heteroatoms. The van der Waals surface area contributed by atoms with Crippen LogP contribution in [0.15, 0.2) is 22.7 Å². The van der Waals surface area contributed by atoms with Gasteiger partial charge < -0.3 is 4.52 Å². The average Bonchev–Trinajstić information content (AvgIpc) is 2.60. The number of hydrogen-bond donors (Lipinski definition) is 0. The fourth-order valence-corrected chi connectivity index (χ4v) is 2.10. The molecule has 0 aliphatic carbocycles. The fraction of sp³-hybridized carbons (Fsp3) is 0.308. The van der Waals surface area contributed by atoms with Crippen molar-refractivity contribution in [2.75, 3.05) is 0 Å². The Labute approximate surface area is 109 Å². The standard InChI is InChI=1S/C13H12ClF2NO/c1-7-11(17-18-12(7)13(2,3)16)10-8(14)5-4-6-9(10)15/h4-6H,1-3H3. The summed E-state index contributed by atoms with van der Waals surface area (Å²) < 4.78 is 32.6. The predicted molar refractivity (Wildman–Crippen MR) is 65.8 cm³/mol. The zero-order chi connectivity index (χ0) is 13.5. The summed E-state index contributed by atoms with van der Waals surface area (Å²) in [5.74, 6) is -0.432. The molecule has 0 unspecified atom stereocenters. The van der Waals surface area contributed by atoms with E-state index in [2.05, 4.69) is 5.16 Å². The van der Waals surface area contributed by atoms with Gasteiger partial charge >= 0.3 is 0 Å². The minimum Gasteiger partial charge on any atom is -0.357 e. The monoisotopic (exact) mass is 271 g/mol. The van der Waals surface area contributed by atoms with Gasteiger partial charge in [0.2, 0.25) is 0 Å². The molecular weight excluding hydrogens is 260 g/mol. The molecule has 2 rings (SSSR count). The van der Waals surface area contributed by atoms with Gasteiger partial charge in [-0.15, -0.1) is 0 Å². The molecule has 0 amide bonds. The molecule has 0 aliphatic heterocycles. The lowest BCUT2D eigenvalue weighted by atomic mass is 10.00. The SMILES string of the molecule is Cc1c(-c2c(F)cccc2Cl)noc1C(C)(C)F. The molecule has 96 valence electrons. The summed E-state index contributed by atoms with van der Waals surface area (Å²) in [6.07, 6.45) is 0. The van der Waals surface area contributed by atoms with Crippen molar-refractivity contribution in [3.8, 4) is 11.3 Å². The molecule has 18 heavy (non-hydrogen) atoms. The normalized spacial score (nSPS) is 11.9. The second-order valence-electron chi connectivity index (χ2n) is 4.55. The zero-order valence-corrected chi connectivity index (χ0v) is 11.0. The average molecular weight is 272 g/mol. The molecule has 0 saturated carbocycles. The van der Waals surface area contributed by atoms with Crippen LogP contribution in [0, 0.1) is 12.7 Å². The smallest absolute Gasteiger partial charge is 0.176 e. The molecule has 0 bridgehead atoms. The van der Waals surface area contributed by atoms with E-state index >= 15 is 0 Å². The Kier molecular flexibility index (Phi) is 3.15. The van der Waals surface area contributed by atoms with Gasteiger partial charge in [-0.25, -0.2) is 8.78 Å². The molecule has 2 aromatic rings. The van der Waals surface area contributed by atoms with Gasteiger partial charge in [-0.05, 0) is 32.9 Å². The Morgan fingerprint density at radius 1 is 1.33 bits per heavy atom. The highest BCUT2D eigenvalue weighted by molar-refractivity contribution is 6.33. The van der Waals surface area contributed by atoms with Crippen molar-refractivity contribution in [2.45, 2.75) is 26.4 Å². The zero-order valence-electron chi connectivity index (χ0n) is 10.2. The largest absolute Gasteiger partial charge is 0.357 e. The first-order valence-electron chi connectivity index (χ1n) is 5.42. The fourth-order valence-electron chi connectivity index (χ4n) is 1.85. The molecule has 2 nitrogen and oxygen atoms in total. The lowest BCUT2D eigenvalue weighted by Gasteiger charge is -2.10. The Hall–Kier alpha value is -1.42. The number of rotatable bonds is 2. The maximum absolute atomic E-state index is 13.9. The molecule has 1 aromatic heterocycles. The maximum atomic E-state index is 13.9. The van der Waals surface area contributed by atoms with Gasteiger partial charge in [-0.2, -0.15) is 0 Å². The van der Waals surface area contributed by atoms with E-state index in [4.69, 9.17) is 16.1 Å². The third-order valence-corrected chi connectivity index (χ3v) is 2.98. The van der Waals surface area contributed by atoms with Crippen molar-refractivity contribution in [2.24, 2.45) is 0 Å². The van der Waals surface area contributed by atoms with E-state index in [-0.39, 0.29) is 22.0 Å². The van der Waals surface area contributed by atoms with Crippen molar-refractivity contribution >= 4 is 11.6 Å². The summed E-state index contributed by atoms with van der Waals surface area (Å²) in [6.45, 7) is 4.34. The van der Waals surface area contributed by atoms with Crippen molar-refractivity contribution in [1.82, 2.24) is 5.16 Å². The van der Waals surface area contributed by atoms with Crippen molar-refractivity contribution in [3.63, 3.8) is 0 Å². The van der Waals surface area contributed by atoms with E-state index in [0.717, 1.165) is 0 Å². The van der Waals surface area contributed by atoms with Crippen LogP contribution < -0.4 is 0 Å². The number of benzene rings is 1. The van der Waals surface area contributed by atoms with Crippen LogP contribution in [0.1, 0.15) is 25.2 Å². The van der Waals surface area contributed by atoms with Gasteiger partial charge in [0.15, 0.2) is 11.4 Å². The van der Waals surface area contributed by atoms with E-state index in [1.54, 1.807) is 13.0 Å². The van der Waals surface area contributed by atoms with Gasteiger partial charge in [0.1, 0.15) is 11.5 Å². The van der Waals surface area contributed by atoms with Crippen LogP contribution >= 0.6 is 11.6 Å². The van der Waals surface area contributed by atoms with Crippen molar-refractivity contribution in [1.29, 1.82) is 0 Å². The van der Waals surface area contributed by atoms with Gasteiger partial charge in [0, 0.05) is 5.56 Å². The van der Waals surface area contributed by atoms with Crippen LogP contribution in [0.5, 0.6) is 0 Å². The molecule has 0 fully saturated rings. The van der Waals surface area contributed by atoms with Crippen molar-refractivity contribution < 1.29 is 13.3 Å². The number of halogens is 3. The highest BCUT2D eigenvalue weighted by Crippen LogP contribution is 2.37. The topological polar surface area (TPSA) is 26.0 Å². The molecule has 1 heterocycles. The summed E-state index contributed by atoms with van der Waals surface area (Å²) in [5.41, 5.74) is -0.850. The second kappa shape index (κ2) is 4.35. The Balaban J connectivity index is 2.64. The van der Waals surface area contributed by atoms with Crippen LogP contribution in [-0.2, 0) is 5.67 Å². The van der Waals surface area contributed by atoms with Crippen LogP contribution in [0.25, 0.3) is 11.3 Å². The molecule has 0 atom stereocenters. The minimum absolute atomic E-state index is 0.0804. The Morgan fingerprint density at radius 2 is 2.00 bits per heavy atom. The molecular formula is C13H12ClF2NO. The number of aromatic nitrogens is 1. The van der Waals surface area contributed by atoms with E-state index in [0.29, 0.717) is 5.56 Å². The molecule has 0 saturated heterocycles. The van der Waals surface area contributed by atoms with Crippen molar-refractivity contribution in [3.05, 3.63) is 40.4 Å². The first-order valence-corrected chi connectivity index (χ1v) is 5.80. The molecule has 0 N–H and O–H groups in total. The third-order valence-electron chi connectivity index (χ3n) is 2.66. The van der Waals surface area contributed by atoms with Gasteiger partial charge in [0.25, 0.3) is 0 Å². The lowest BCUT2D eigenvalue weighted by Crippen LogP contribution is -2.09. The minimum atomic E-state index is -1.67. The number of hydrogen-bond acceptors (Lipinski definition) is 2. The summed E-state index contributed by atoms with van der Waals surface area (Å²) >= 11 is 5.94. The van der Waals surface area contributed by atoms with E-state index in [9.17, 15) is 8.78 Å². The van der Waals surface area contributed by atoms with Crippen LogP contribution in [0.3, 0.4) is 0 Å². The van der Waals surface area contributed by atoms with Gasteiger partial charge in [-0.3, -0.25) is 0 Å². The summed E-state index contributed by atoms with van der Waals surface area (Å²) in [5, 5.41) is 3.95. The Morgan fingerprint density at radius 3 is 2.50 bits per heavy atom. The quantitative estimate of drug-likeness (QED) is 0.795. The van der Waals surface area contributed by atoms with E-state index in [1.807, 2.05) is 0 Å². The predicted octanol–water partition coefficient (Wildman–Crippen LogP) is 4.65. The van der Waals surface area contributed by atoms with Gasteiger partial charge in [-0.1, -0.05) is 22.8 Å². The summed E-state index contributed by atoms with van der Waals surface area (Å²) in [6, 6.07) is 4.32. The van der Waals surface area contributed by atoms with E-state index < -0.39 is 11.5 Å².